The van der Waals surface area contributed by atoms with Gasteiger partial charge in [-0.25, -0.2) is 9.67 Å². The number of furan rings is 1. The predicted octanol–water partition coefficient (Wildman–Crippen LogP) is 3.03. The van der Waals surface area contributed by atoms with Crippen molar-refractivity contribution in [3.63, 3.8) is 0 Å². The fourth-order valence-electron chi connectivity index (χ4n) is 2.56. The molecule has 0 unspecified atom stereocenters. The van der Waals surface area contributed by atoms with E-state index in [1.165, 1.54) is 5.56 Å². The van der Waals surface area contributed by atoms with Crippen LogP contribution in [-0.4, -0.2) is 19.7 Å². The zero-order valence-corrected chi connectivity index (χ0v) is 12.6. The topological polar surface area (TPSA) is 82.8 Å². The number of hydrogen-bond donors (Lipinski definition) is 1. The molecule has 114 valence electrons. The van der Waals surface area contributed by atoms with E-state index in [9.17, 15) is 0 Å². The molecule has 23 heavy (non-hydrogen) atoms. The summed E-state index contributed by atoms with van der Waals surface area (Å²) in [4.78, 5) is 8.64. The molecule has 3 heterocycles. The smallest absolute Gasteiger partial charge is 0.222 e. The Morgan fingerprint density at radius 3 is 2.70 bits per heavy atom. The molecule has 0 amide bonds. The number of rotatable bonds is 3. The van der Waals surface area contributed by atoms with Crippen LogP contribution in [0, 0.1) is 6.92 Å². The van der Waals surface area contributed by atoms with E-state index in [1.807, 2.05) is 16.8 Å². The van der Waals surface area contributed by atoms with Gasteiger partial charge in [0.1, 0.15) is 5.69 Å². The molecule has 0 spiro atoms. The zero-order chi connectivity index (χ0) is 15.8. The number of hydrogen-bond acceptors (Lipinski definition) is 5. The van der Waals surface area contributed by atoms with E-state index in [1.54, 1.807) is 12.5 Å². The molecule has 1 aromatic carbocycles. The maximum Gasteiger partial charge on any atom is 0.222 e. The summed E-state index contributed by atoms with van der Waals surface area (Å²) in [6.07, 6.45) is 3.36. The van der Waals surface area contributed by atoms with Crippen LogP contribution in [0.3, 0.4) is 0 Å². The molecule has 0 aliphatic carbocycles. The third-order valence-electron chi connectivity index (χ3n) is 3.72. The summed E-state index contributed by atoms with van der Waals surface area (Å²) in [5, 5.41) is 5.26. The van der Waals surface area contributed by atoms with E-state index in [0.717, 1.165) is 10.9 Å². The molecule has 0 aliphatic heterocycles. The van der Waals surface area contributed by atoms with Gasteiger partial charge < -0.3 is 10.2 Å². The number of aryl methyl sites for hydroxylation is 1. The number of nitrogens with two attached hydrogens (primary N) is 1. The van der Waals surface area contributed by atoms with Crippen LogP contribution >= 0.6 is 0 Å². The zero-order valence-electron chi connectivity index (χ0n) is 12.6. The van der Waals surface area contributed by atoms with Crippen LogP contribution in [-0.2, 0) is 6.54 Å². The molecule has 0 aliphatic rings. The van der Waals surface area contributed by atoms with E-state index < -0.39 is 0 Å². The molecule has 0 saturated carbocycles. The van der Waals surface area contributed by atoms with Gasteiger partial charge in [-0.1, -0.05) is 29.8 Å². The Morgan fingerprint density at radius 2 is 1.96 bits per heavy atom. The Bertz CT molecular complexity index is 955. The SMILES string of the molecule is Cc1ccc(Cn2ncc3c(-c4ccco4)nc(N)nc32)cc1. The Balaban J connectivity index is 1.81. The number of anilines is 1. The molecular weight excluding hydrogens is 290 g/mol. The highest BCUT2D eigenvalue weighted by molar-refractivity contribution is 5.89. The number of fused-ring (bicyclic) bond motifs is 1. The van der Waals surface area contributed by atoms with Crippen LogP contribution in [0.25, 0.3) is 22.5 Å². The highest BCUT2D eigenvalue weighted by atomic mass is 16.3. The molecule has 6 heteroatoms. The summed E-state index contributed by atoms with van der Waals surface area (Å²) in [5.41, 5.74) is 9.60. The fourth-order valence-corrected chi connectivity index (χ4v) is 2.56. The van der Waals surface area contributed by atoms with E-state index >= 15 is 0 Å². The standard InChI is InChI=1S/C17H15N5O/c1-11-4-6-12(7-5-11)10-22-16-13(9-19-22)15(20-17(18)21-16)14-3-2-8-23-14/h2-9H,10H2,1H3,(H2,18,20,21). The lowest BCUT2D eigenvalue weighted by Gasteiger charge is -2.05. The second-order valence-electron chi connectivity index (χ2n) is 5.43. The van der Waals surface area contributed by atoms with Gasteiger partial charge >= 0.3 is 0 Å². The van der Waals surface area contributed by atoms with Crippen molar-refractivity contribution < 1.29 is 4.42 Å². The van der Waals surface area contributed by atoms with Gasteiger partial charge in [0.15, 0.2) is 11.4 Å². The average molecular weight is 305 g/mol. The largest absolute Gasteiger partial charge is 0.463 e. The molecule has 6 nitrogen and oxygen atoms in total. The summed E-state index contributed by atoms with van der Waals surface area (Å²) in [7, 11) is 0. The molecule has 0 saturated heterocycles. The molecule has 0 radical (unpaired) electrons. The summed E-state index contributed by atoms with van der Waals surface area (Å²) in [6, 6.07) is 12.0. The molecular formula is C17H15N5O. The van der Waals surface area contributed by atoms with Gasteiger partial charge in [0.25, 0.3) is 0 Å². The van der Waals surface area contributed by atoms with Crippen LogP contribution in [0.15, 0.2) is 53.3 Å². The molecule has 4 rings (SSSR count). The Morgan fingerprint density at radius 1 is 1.13 bits per heavy atom. The Hall–Kier alpha value is -3.15. The van der Waals surface area contributed by atoms with Crippen LogP contribution in [0.5, 0.6) is 0 Å². The van der Waals surface area contributed by atoms with Crippen molar-refractivity contribution in [3.05, 3.63) is 60.0 Å². The molecule has 0 bridgehead atoms. The highest BCUT2D eigenvalue weighted by Crippen LogP contribution is 2.27. The summed E-state index contributed by atoms with van der Waals surface area (Å²) in [5.74, 6) is 0.855. The molecule has 4 aromatic rings. The lowest BCUT2D eigenvalue weighted by Crippen LogP contribution is -2.05. The molecule has 0 fully saturated rings. The van der Waals surface area contributed by atoms with Crippen molar-refractivity contribution in [2.45, 2.75) is 13.5 Å². The van der Waals surface area contributed by atoms with Crippen molar-refractivity contribution in [1.82, 2.24) is 19.7 Å². The second-order valence-corrected chi connectivity index (χ2v) is 5.43. The number of nitrogens with zero attached hydrogens (tertiary/aromatic N) is 4. The number of benzene rings is 1. The van der Waals surface area contributed by atoms with Gasteiger partial charge in [-0.3, -0.25) is 0 Å². The van der Waals surface area contributed by atoms with E-state index in [-0.39, 0.29) is 5.95 Å². The van der Waals surface area contributed by atoms with Crippen LogP contribution in [0.1, 0.15) is 11.1 Å². The quantitative estimate of drug-likeness (QED) is 0.629. The van der Waals surface area contributed by atoms with Gasteiger partial charge in [0, 0.05) is 0 Å². The maximum absolute atomic E-state index is 5.87. The van der Waals surface area contributed by atoms with Gasteiger partial charge in [-0.2, -0.15) is 10.1 Å². The maximum atomic E-state index is 5.87. The summed E-state index contributed by atoms with van der Waals surface area (Å²) < 4.78 is 7.26. The first-order valence-corrected chi connectivity index (χ1v) is 7.29. The van der Waals surface area contributed by atoms with Crippen LogP contribution in [0.2, 0.25) is 0 Å². The molecule has 0 atom stereocenters. The summed E-state index contributed by atoms with van der Waals surface area (Å²) in [6.45, 7) is 2.69. The normalized spacial score (nSPS) is 11.2. The van der Waals surface area contributed by atoms with Crippen molar-refractivity contribution in [1.29, 1.82) is 0 Å². The first-order chi connectivity index (χ1) is 11.2. The third kappa shape index (κ3) is 2.44. The van der Waals surface area contributed by atoms with Gasteiger partial charge in [-0.15, -0.1) is 0 Å². The van der Waals surface area contributed by atoms with Crippen LogP contribution in [0.4, 0.5) is 5.95 Å². The summed E-state index contributed by atoms with van der Waals surface area (Å²) >= 11 is 0. The van der Waals surface area contributed by atoms with Crippen molar-refractivity contribution >= 4 is 17.0 Å². The lowest BCUT2D eigenvalue weighted by molar-refractivity contribution is 0.580. The first-order valence-electron chi connectivity index (χ1n) is 7.29. The second kappa shape index (κ2) is 5.24. The minimum atomic E-state index is 0.203. The van der Waals surface area contributed by atoms with Crippen molar-refractivity contribution in [2.24, 2.45) is 0 Å². The monoisotopic (exact) mass is 305 g/mol. The van der Waals surface area contributed by atoms with Crippen LogP contribution < -0.4 is 5.73 Å². The van der Waals surface area contributed by atoms with Gasteiger partial charge in [-0.05, 0) is 24.6 Å². The first kappa shape index (κ1) is 13.5. The number of aromatic nitrogens is 4. The van der Waals surface area contributed by atoms with Crippen molar-refractivity contribution in [2.75, 3.05) is 5.73 Å². The molecule has 2 N–H and O–H groups in total. The third-order valence-corrected chi connectivity index (χ3v) is 3.72. The van der Waals surface area contributed by atoms with E-state index in [2.05, 4.69) is 46.3 Å². The fraction of sp³-hybridized carbons (Fsp3) is 0.118. The molecule has 3 aromatic heterocycles. The van der Waals surface area contributed by atoms with Gasteiger partial charge in [0.2, 0.25) is 5.95 Å². The Labute approximate surface area is 132 Å². The van der Waals surface area contributed by atoms with Crippen molar-refractivity contribution in [3.8, 4) is 11.5 Å². The minimum absolute atomic E-state index is 0.203. The minimum Gasteiger partial charge on any atom is -0.463 e. The number of nitrogen functional groups attached to an aromatic ring is 1. The van der Waals surface area contributed by atoms with Gasteiger partial charge in [0.05, 0.1) is 24.4 Å². The average Bonchev–Trinajstić information content (AvgIpc) is 3.19. The Kier molecular flexibility index (Phi) is 3.08. The lowest BCUT2D eigenvalue weighted by atomic mass is 10.1. The van der Waals surface area contributed by atoms with E-state index in [4.69, 9.17) is 10.2 Å². The highest BCUT2D eigenvalue weighted by Gasteiger charge is 2.15. The predicted molar refractivity (Wildman–Crippen MR) is 87.7 cm³/mol. The van der Waals surface area contributed by atoms with E-state index in [0.29, 0.717) is 23.6 Å².